The number of rotatable bonds is 3. The van der Waals surface area contributed by atoms with E-state index in [4.69, 9.17) is 0 Å². The number of hydroxylamine groups is 2. The second-order valence-corrected chi connectivity index (χ2v) is 9.68. The molecule has 2 fully saturated rings. The van der Waals surface area contributed by atoms with Crippen molar-refractivity contribution in [3.63, 3.8) is 0 Å². The number of nitrogens with zero attached hydrogens (tertiary/aromatic N) is 2. The van der Waals surface area contributed by atoms with Gasteiger partial charge in [0.15, 0.2) is 12.4 Å². The summed E-state index contributed by atoms with van der Waals surface area (Å²) in [5, 5.41) is 17.3. The van der Waals surface area contributed by atoms with Crippen molar-refractivity contribution < 1.29 is 0 Å². The van der Waals surface area contributed by atoms with E-state index in [0.29, 0.717) is 6.67 Å². The molecule has 160 valence electrons. The fourth-order valence-corrected chi connectivity index (χ4v) is 6.30. The smallest absolute Gasteiger partial charge is 0.158 e. The number of piperidine rings is 1. The maximum absolute atomic E-state index is 13.9. The van der Waals surface area contributed by atoms with Crippen LogP contribution in [0.5, 0.6) is 0 Å². The van der Waals surface area contributed by atoms with Gasteiger partial charge in [-0.3, -0.25) is 4.90 Å². The molecule has 1 aliphatic carbocycles. The number of hydrogen-bond donors (Lipinski definition) is 1. The SMILES string of the molecule is Cc1ccc2c(c1)NC[N+]2([O-])C1CCN(C2(c3ccccc3)CCCCCC2)CC1. The monoisotopic (exact) mass is 405 g/mol. The summed E-state index contributed by atoms with van der Waals surface area (Å²) in [6.45, 7) is 4.63. The van der Waals surface area contributed by atoms with Crippen LogP contribution in [0.4, 0.5) is 11.4 Å². The Morgan fingerprint density at radius 3 is 2.37 bits per heavy atom. The van der Waals surface area contributed by atoms with Crippen LogP contribution in [0.3, 0.4) is 0 Å². The van der Waals surface area contributed by atoms with E-state index < -0.39 is 0 Å². The Morgan fingerprint density at radius 1 is 0.967 bits per heavy atom. The van der Waals surface area contributed by atoms with E-state index in [0.717, 1.165) is 37.3 Å². The first-order valence-corrected chi connectivity index (χ1v) is 11.9. The summed E-state index contributed by atoms with van der Waals surface area (Å²) in [6, 6.07) is 17.6. The predicted molar refractivity (Wildman–Crippen MR) is 125 cm³/mol. The molecule has 4 heteroatoms. The molecule has 4 nitrogen and oxygen atoms in total. The normalized spacial score (nSPS) is 27.3. The van der Waals surface area contributed by atoms with E-state index in [2.05, 4.69) is 65.7 Å². The first-order chi connectivity index (χ1) is 14.6. The molecule has 0 bridgehead atoms. The van der Waals surface area contributed by atoms with Gasteiger partial charge in [0.2, 0.25) is 0 Å². The molecule has 5 rings (SSSR count). The maximum atomic E-state index is 13.9. The minimum atomic E-state index is -0.193. The third kappa shape index (κ3) is 3.35. The van der Waals surface area contributed by atoms with Gasteiger partial charge in [-0.15, -0.1) is 0 Å². The zero-order valence-corrected chi connectivity index (χ0v) is 18.3. The van der Waals surface area contributed by atoms with Crippen molar-refractivity contribution in [3.8, 4) is 0 Å². The molecule has 1 atom stereocenters. The summed E-state index contributed by atoms with van der Waals surface area (Å²) in [5.74, 6) is 0. The molecule has 2 aliphatic heterocycles. The van der Waals surface area contributed by atoms with E-state index in [9.17, 15) is 5.21 Å². The lowest BCUT2D eigenvalue weighted by molar-refractivity contribution is 0.0280. The maximum Gasteiger partial charge on any atom is 0.158 e. The molecule has 0 spiro atoms. The second-order valence-electron chi connectivity index (χ2n) is 9.68. The van der Waals surface area contributed by atoms with Crippen LogP contribution >= 0.6 is 0 Å². The van der Waals surface area contributed by atoms with Gasteiger partial charge < -0.3 is 15.2 Å². The highest BCUT2D eigenvalue weighted by atomic mass is 16.6. The van der Waals surface area contributed by atoms with E-state index in [1.807, 2.05) is 0 Å². The van der Waals surface area contributed by atoms with Crippen molar-refractivity contribution >= 4 is 11.4 Å². The summed E-state index contributed by atoms with van der Waals surface area (Å²) < 4.78 is -0.193. The number of aryl methyl sites for hydroxylation is 1. The lowest BCUT2D eigenvalue weighted by atomic mass is 9.79. The number of hydrogen-bond acceptors (Lipinski definition) is 3. The lowest BCUT2D eigenvalue weighted by Gasteiger charge is -2.52. The highest BCUT2D eigenvalue weighted by Gasteiger charge is 2.44. The highest BCUT2D eigenvalue weighted by molar-refractivity contribution is 5.73. The van der Waals surface area contributed by atoms with Crippen molar-refractivity contribution in [2.45, 2.75) is 69.9 Å². The number of quaternary nitrogens is 1. The van der Waals surface area contributed by atoms with Crippen LogP contribution in [0, 0.1) is 12.1 Å². The van der Waals surface area contributed by atoms with Crippen molar-refractivity contribution in [1.29, 1.82) is 0 Å². The van der Waals surface area contributed by atoms with Gasteiger partial charge in [0.25, 0.3) is 0 Å². The Labute approximate surface area is 181 Å². The average Bonchev–Trinajstić information content (AvgIpc) is 2.96. The Hall–Kier alpha value is -1.88. The van der Waals surface area contributed by atoms with E-state index in [1.54, 1.807) is 0 Å². The molecule has 30 heavy (non-hydrogen) atoms. The first-order valence-electron chi connectivity index (χ1n) is 11.9. The topological polar surface area (TPSA) is 38.3 Å². The van der Waals surface area contributed by atoms with Crippen LogP contribution < -0.4 is 9.96 Å². The van der Waals surface area contributed by atoms with Gasteiger partial charge in [-0.05, 0) is 37.0 Å². The standard InChI is InChI=1S/C26H35N3O/c1-21-11-12-25-24(19-21)27-20-29(25,30)23-13-17-28(18-14-23)26(15-7-2-3-8-16-26)22-9-5-4-6-10-22/h4-6,9-12,19,23,27H,2-3,7-8,13-18,20H2,1H3. The van der Waals surface area contributed by atoms with Gasteiger partial charge in [0.05, 0.1) is 6.04 Å². The molecule has 1 N–H and O–H groups in total. The van der Waals surface area contributed by atoms with Crippen LogP contribution in [-0.2, 0) is 5.54 Å². The zero-order chi connectivity index (χ0) is 20.6. The van der Waals surface area contributed by atoms with Crippen LogP contribution in [0.2, 0.25) is 0 Å². The zero-order valence-electron chi connectivity index (χ0n) is 18.3. The molecule has 0 radical (unpaired) electrons. The minimum absolute atomic E-state index is 0.149. The summed E-state index contributed by atoms with van der Waals surface area (Å²) >= 11 is 0. The van der Waals surface area contributed by atoms with Crippen LogP contribution in [-0.4, -0.2) is 30.7 Å². The van der Waals surface area contributed by atoms with Crippen LogP contribution in [0.1, 0.15) is 62.5 Å². The number of nitrogens with one attached hydrogen (secondary N) is 1. The molecular weight excluding hydrogens is 370 g/mol. The molecular formula is C26H35N3O. The quantitative estimate of drug-likeness (QED) is 0.393. The molecule has 2 heterocycles. The number of benzene rings is 2. The fourth-order valence-electron chi connectivity index (χ4n) is 6.30. The van der Waals surface area contributed by atoms with Gasteiger partial charge in [-0.25, -0.2) is 0 Å². The third-order valence-corrected chi connectivity index (χ3v) is 7.97. The predicted octanol–water partition coefficient (Wildman–Crippen LogP) is 5.90. The first kappa shape index (κ1) is 20.0. The van der Waals surface area contributed by atoms with Crippen LogP contribution in [0.25, 0.3) is 0 Å². The molecule has 2 aromatic rings. The summed E-state index contributed by atoms with van der Waals surface area (Å²) in [7, 11) is 0. The van der Waals surface area contributed by atoms with Gasteiger partial charge in [0, 0.05) is 37.5 Å². The number of fused-ring (bicyclic) bond motifs is 1. The largest absolute Gasteiger partial charge is 0.626 e. The van der Waals surface area contributed by atoms with Crippen molar-refractivity contribution in [3.05, 3.63) is 64.9 Å². The Kier molecular flexibility index (Phi) is 5.34. The van der Waals surface area contributed by atoms with Gasteiger partial charge in [-0.1, -0.05) is 62.1 Å². The van der Waals surface area contributed by atoms with Crippen molar-refractivity contribution in [2.24, 2.45) is 0 Å². The van der Waals surface area contributed by atoms with Crippen LogP contribution in [0.15, 0.2) is 48.5 Å². The second kappa shape index (κ2) is 7.99. The molecule has 2 aromatic carbocycles. The van der Waals surface area contributed by atoms with Gasteiger partial charge in [0.1, 0.15) is 5.69 Å². The Balaban J connectivity index is 1.37. The summed E-state index contributed by atoms with van der Waals surface area (Å²) in [5.41, 5.74) is 4.83. The highest BCUT2D eigenvalue weighted by Crippen LogP contribution is 2.45. The van der Waals surface area contributed by atoms with E-state index in [-0.39, 0.29) is 16.2 Å². The Bertz CT molecular complexity index is 867. The van der Waals surface area contributed by atoms with Gasteiger partial charge in [-0.2, -0.15) is 0 Å². The molecule has 1 saturated heterocycles. The van der Waals surface area contributed by atoms with E-state index in [1.165, 1.54) is 49.7 Å². The van der Waals surface area contributed by atoms with Crippen molar-refractivity contribution in [2.75, 3.05) is 25.1 Å². The molecule has 3 aliphatic rings. The van der Waals surface area contributed by atoms with Gasteiger partial charge >= 0.3 is 0 Å². The summed E-state index contributed by atoms with van der Waals surface area (Å²) in [4.78, 5) is 2.75. The summed E-state index contributed by atoms with van der Waals surface area (Å²) in [6.07, 6.45) is 9.80. The van der Waals surface area contributed by atoms with Crippen molar-refractivity contribution in [1.82, 2.24) is 9.55 Å². The molecule has 1 unspecified atom stereocenters. The number of likely N-dealkylation sites (tertiary alicyclic amines) is 1. The number of anilines is 1. The molecule has 0 amide bonds. The Morgan fingerprint density at radius 2 is 1.67 bits per heavy atom. The third-order valence-electron chi connectivity index (χ3n) is 7.97. The fraction of sp³-hybridized carbons (Fsp3) is 0.538. The lowest BCUT2D eigenvalue weighted by Crippen LogP contribution is -2.58. The average molecular weight is 406 g/mol. The molecule has 1 saturated carbocycles. The minimum Gasteiger partial charge on any atom is -0.626 e. The molecule has 0 aromatic heterocycles. The van der Waals surface area contributed by atoms with E-state index >= 15 is 0 Å².